The minimum atomic E-state index is -4.76. The summed E-state index contributed by atoms with van der Waals surface area (Å²) in [6.45, 7) is 1.03. The lowest BCUT2D eigenvalue weighted by molar-refractivity contribution is -0.139. The lowest BCUT2D eigenvalue weighted by Crippen LogP contribution is -2.34. The molecule has 0 aliphatic carbocycles. The Bertz CT molecular complexity index is 585. The van der Waals surface area contributed by atoms with Gasteiger partial charge in [-0.05, 0) is 12.1 Å². The van der Waals surface area contributed by atoms with Crippen molar-refractivity contribution >= 4 is 15.9 Å². The molecule has 0 saturated carbocycles. The van der Waals surface area contributed by atoms with Crippen LogP contribution in [-0.2, 0) is 21.0 Å². The van der Waals surface area contributed by atoms with E-state index in [-0.39, 0.29) is 19.0 Å². The summed E-state index contributed by atoms with van der Waals surface area (Å²) < 4.78 is 63.8. The normalized spacial score (nSPS) is 12.2. The Morgan fingerprint density at radius 2 is 1.80 bits per heavy atom. The number of sulfonamides is 1. The van der Waals surface area contributed by atoms with Gasteiger partial charge in [0.1, 0.15) is 0 Å². The molecule has 1 aromatic rings. The van der Waals surface area contributed by atoms with E-state index in [1.54, 1.807) is 0 Å². The second-order valence-corrected chi connectivity index (χ2v) is 5.61. The van der Waals surface area contributed by atoms with Gasteiger partial charge in [0.25, 0.3) is 0 Å². The zero-order valence-electron chi connectivity index (χ0n) is 10.5. The van der Waals surface area contributed by atoms with Crippen molar-refractivity contribution in [2.75, 3.05) is 13.1 Å². The number of halogens is 3. The van der Waals surface area contributed by atoms with Gasteiger partial charge in [0.15, 0.2) is 0 Å². The minimum absolute atomic E-state index is 0.0112. The van der Waals surface area contributed by atoms with E-state index in [0.29, 0.717) is 6.07 Å². The second-order valence-electron chi connectivity index (χ2n) is 3.87. The van der Waals surface area contributed by atoms with Crippen molar-refractivity contribution in [1.82, 2.24) is 10.0 Å². The third-order valence-electron chi connectivity index (χ3n) is 2.27. The van der Waals surface area contributed by atoms with Crippen molar-refractivity contribution in [3.05, 3.63) is 29.8 Å². The van der Waals surface area contributed by atoms with Gasteiger partial charge in [0.05, 0.1) is 10.5 Å². The molecule has 112 valence electrons. The number of hydrogen-bond donors (Lipinski definition) is 2. The van der Waals surface area contributed by atoms with Gasteiger partial charge in [-0.15, -0.1) is 0 Å². The average Bonchev–Trinajstić information content (AvgIpc) is 2.33. The second kappa shape index (κ2) is 6.23. The van der Waals surface area contributed by atoms with Crippen molar-refractivity contribution in [1.29, 1.82) is 0 Å². The lowest BCUT2D eigenvalue weighted by Gasteiger charge is -2.13. The van der Waals surface area contributed by atoms with Crippen molar-refractivity contribution < 1.29 is 26.4 Å². The maximum Gasteiger partial charge on any atom is 0.417 e. The zero-order chi connectivity index (χ0) is 15.4. The van der Waals surface area contributed by atoms with Gasteiger partial charge >= 0.3 is 6.18 Å². The Kier molecular flexibility index (Phi) is 5.12. The van der Waals surface area contributed by atoms with Crippen LogP contribution in [0, 0.1) is 0 Å². The topological polar surface area (TPSA) is 75.3 Å². The van der Waals surface area contributed by atoms with Gasteiger partial charge in [-0.2, -0.15) is 13.2 Å². The Balaban J connectivity index is 2.91. The number of nitrogens with one attached hydrogen (secondary N) is 2. The van der Waals surface area contributed by atoms with E-state index in [0.717, 1.165) is 12.1 Å². The SMILES string of the molecule is CC(=O)NCCNS(=O)(=O)c1ccccc1C(F)(F)F. The summed E-state index contributed by atoms with van der Waals surface area (Å²) in [6, 6.07) is 3.89. The summed E-state index contributed by atoms with van der Waals surface area (Å²) in [5.41, 5.74) is -1.23. The molecule has 0 saturated heterocycles. The molecule has 0 spiro atoms. The number of carbonyl (C=O) groups is 1. The number of hydrogen-bond acceptors (Lipinski definition) is 3. The van der Waals surface area contributed by atoms with Gasteiger partial charge in [0, 0.05) is 20.0 Å². The number of alkyl halides is 3. The molecule has 0 aliphatic heterocycles. The average molecular weight is 310 g/mol. The fraction of sp³-hybridized carbons (Fsp3) is 0.364. The van der Waals surface area contributed by atoms with E-state index < -0.39 is 26.7 Å². The lowest BCUT2D eigenvalue weighted by atomic mass is 10.2. The molecule has 0 bridgehead atoms. The number of carbonyl (C=O) groups excluding carboxylic acids is 1. The van der Waals surface area contributed by atoms with Crippen LogP contribution in [0.15, 0.2) is 29.2 Å². The van der Waals surface area contributed by atoms with Crippen molar-refractivity contribution in [3.63, 3.8) is 0 Å². The molecular formula is C11H13F3N2O3S. The molecule has 1 amide bonds. The highest BCUT2D eigenvalue weighted by molar-refractivity contribution is 7.89. The molecule has 5 nitrogen and oxygen atoms in total. The third-order valence-corrected chi connectivity index (χ3v) is 3.79. The smallest absolute Gasteiger partial charge is 0.355 e. The highest BCUT2D eigenvalue weighted by atomic mass is 32.2. The first-order valence-electron chi connectivity index (χ1n) is 5.55. The van der Waals surface area contributed by atoms with Crippen LogP contribution in [-0.4, -0.2) is 27.4 Å². The van der Waals surface area contributed by atoms with Crippen LogP contribution in [0.5, 0.6) is 0 Å². The van der Waals surface area contributed by atoms with Gasteiger partial charge in [-0.1, -0.05) is 12.1 Å². The molecule has 0 heterocycles. The fourth-order valence-corrected chi connectivity index (χ4v) is 2.69. The van der Waals surface area contributed by atoms with Crippen LogP contribution in [0.4, 0.5) is 13.2 Å². The van der Waals surface area contributed by atoms with Crippen LogP contribution in [0.2, 0.25) is 0 Å². The van der Waals surface area contributed by atoms with Crippen molar-refractivity contribution in [2.45, 2.75) is 18.0 Å². The zero-order valence-corrected chi connectivity index (χ0v) is 11.3. The largest absolute Gasteiger partial charge is 0.417 e. The maximum absolute atomic E-state index is 12.7. The molecule has 0 atom stereocenters. The van der Waals surface area contributed by atoms with E-state index in [9.17, 15) is 26.4 Å². The standard InChI is InChI=1S/C11H13F3N2O3S/c1-8(17)15-6-7-16-20(18,19)10-5-3-2-4-9(10)11(12,13)14/h2-5,16H,6-7H2,1H3,(H,15,17). The van der Waals surface area contributed by atoms with Gasteiger partial charge in [0.2, 0.25) is 15.9 Å². The summed E-state index contributed by atoms with van der Waals surface area (Å²) in [7, 11) is -4.29. The van der Waals surface area contributed by atoms with Gasteiger partial charge in [-0.3, -0.25) is 4.79 Å². The summed E-state index contributed by atoms with van der Waals surface area (Å²) in [5, 5.41) is 2.33. The van der Waals surface area contributed by atoms with Crippen LogP contribution in [0.25, 0.3) is 0 Å². The first-order chi connectivity index (χ1) is 9.14. The van der Waals surface area contributed by atoms with Crippen molar-refractivity contribution in [2.24, 2.45) is 0 Å². The predicted molar refractivity (Wildman–Crippen MR) is 65.3 cm³/mol. The van der Waals surface area contributed by atoms with Gasteiger partial charge in [-0.25, -0.2) is 13.1 Å². The number of benzene rings is 1. The summed E-state index contributed by atoms with van der Waals surface area (Å²) in [5.74, 6) is -0.361. The monoisotopic (exact) mass is 310 g/mol. The molecule has 2 N–H and O–H groups in total. The molecule has 9 heteroatoms. The number of amides is 1. The molecular weight excluding hydrogens is 297 g/mol. The molecule has 20 heavy (non-hydrogen) atoms. The molecule has 0 aromatic heterocycles. The first-order valence-corrected chi connectivity index (χ1v) is 7.03. The molecule has 0 aliphatic rings. The van der Waals surface area contributed by atoms with E-state index in [1.807, 2.05) is 4.72 Å². The fourth-order valence-electron chi connectivity index (χ4n) is 1.44. The predicted octanol–water partition coefficient (Wildman–Crippen LogP) is 1.12. The number of rotatable bonds is 5. The van der Waals surface area contributed by atoms with Gasteiger partial charge < -0.3 is 5.32 Å². The summed E-state index contributed by atoms with van der Waals surface area (Å²) >= 11 is 0. The third kappa shape index (κ3) is 4.49. The summed E-state index contributed by atoms with van der Waals surface area (Å²) in [4.78, 5) is 9.75. The van der Waals surface area contributed by atoms with Crippen LogP contribution >= 0.6 is 0 Å². The Labute approximate surface area is 114 Å². The minimum Gasteiger partial charge on any atom is -0.355 e. The Morgan fingerprint density at radius 3 is 2.35 bits per heavy atom. The van der Waals surface area contributed by atoms with Crippen molar-refractivity contribution in [3.8, 4) is 0 Å². The van der Waals surface area contributed by atoms with Crippen LogP contribution in [0.3, 0.4) is 0 Å². The maximum atomic E-state index is 12.7. The Morgan fingerprint density at radius 1 is 1.20 bits per heavy atom. The molecule has 0 fully saturated rings. The van der Waals surface area contributed by atoms with E-state index in [2.05, 4.69) is 5.32 Å². The van der Waals surface area contributed by atoms with E-state index in [4.69, 9.17) is 0 Å². The molecule has 1 aromatic carbocycles. The highest BCUT2D eigenvalue weighted by Crippen LogP contribution is 2.33. The van der Waals surface area contributed by atoms with E-state index in [1.165, 1.54) is 13.0 Å². The molecule has 0 radical (unpaired) electrons. The molecule has 1 rings (SSSR count). The highest BCUT2D eigenvalue weighted by Gasteiger charge is 2.36. The quantitative estimate of drug-likeness (QED) is 0.800. The first kappa shape index (κ1) is 16.4. The Hall–Kier alpha value is -1.61. The summed E-state index contributed by atoms with van der Waals surface area (Å²) in [6.07, 6.45) is -4.76. The van der Waals surface area contributed by atoms with Crippen LogP contribution in [0.1, 0.15) is 12.5 Å². The van der Waals surface area contributed by atoms with E-state index >= 15 is 0 Å². The van der Waals surface area contributed by atoms with Crippen LogP contribution < -0.4 is 10.0 Å². The molecule has 0 unspecified atom stereocenters.